The van der Waals surface area contributed by atoms with Gasteiger partial charge >= 0.3 is 0 Å². The van der Waals surface area contributed by atoms with Crippen LogP contribution in [0.2, 0.25) is 0 Å². The topological polar surface area (TPSA) is 104 Å². The predicted molar refractivity (Wildman–Crippen MR) is 89.8 cm³/mol. The number of aliphatic hydroxyl groups is 1. The molecule has 1 aromatic rings. The van der Waals surface area contributed by atoms with Crippen molar-refractivity contribution >= 4 is 12.5 Å². The lowest BCUT2D eigenvalue weighted by molar-refractivity contribution is -0.109. The van der Waals surface area contributed by atoms with Gasteiger partial charge in [-0.2, -0.15) is 5.26 Å². The first-order valence-electron chi connectivity index (χ1n) is 7.56. The van der Waals surface area contributed by atoms with E-state index >= 15 is 0 Å². The Morgan fingerprint density at radius 3 is 2.71 bits per heavy atom. The molecule has 0 aromatic heterocycles. The second-order valence-electron chi connectivity index (χ2n) is 5.18. The fourth-order valence-corrected chi connectivity index (χ4v) is 1.83. The van der Waals surface area contributed by atoms with Gasteiger partial charge in [0.1, 0.15) is 18.5 Å². The summed E-state index contributed by atoms with van der Waals surface area (Å²) in [5.41, 5.74) is 0.834. The van der Waals surface area contributed by atoms with Gasteiger partial charge in [-0.3, -0.25) is 10.1 Å². The van der Waals surface area contributed by atoms with Gasteiger partial charge in [0, 0.05) is 18.7 Å². The van der Waals surface area contributed by atoms with Crippen molar-refractivity contribution in [1.29, 1.82) is 5.26 Å². The fraction of sp³-hybridized carbons (Fsp3) is 0.412. The Morgan fingerprint density at radius 2 is 2.12 bits per heavy atom. The van der Waals surface area contributed by atoms with Crippen LogP contribution < -0.4 is 15.4 Å². The minimum Gasteiger partial charge on any atom is -0.491 e. The van der Waals surface area contributed by atoms with Gasteiger partial charge in [0.2, 0.25) is 6.41 Å². The number of ether oxygens (including phenoxy) is 2. The van der Waals surface area contributed by atoms with E-state index in [9.17, 15) is 9.90 Å². The summed E-state index contributed by atoms with van der Waals surface area (Å²) in [6.07, 6.45) is 1.95. The quantitative estimate of drug-likeness (QED) is 0.412. The maximum absolute atomic E-state index is 10.4. The van der Waals surface area contributed by atoms with Crippen LogP contribution in [0.5, 0.6) is 5.75 Å². The van der Waals surface area contributed by atoms with Crippen LogP contribution in [0.25, 0.3) is 6.08 Å². The van der Waals surface area contributed by atoms with Gasteiger partial charge in [0.25, 0.3) is 0 Å². The minimum atomic E-state index is -0.664. The zero-order chi connectivity index (χ0) is 17.8. The van der Waals surface area contributed by atoms with E-state index in [-0.39, 0.29) is 12.6 Å². The summed E-state index contributed by atoms with van der Waals surface area (Å²) < 4.78 is 10.5. The number of nitriles is 1. The molecule has 0 spiro atoms. The van der Waals surface area contributed by atoms with Crippen LogP contribution >= 0.6 is 0 Å². The van der Waals surface area contributed by atoms with Crippen LogP contribution in [0, 0.1) is 11.3 Å². The predicted octanol–water partition coefficient (Wildman–Crippen LogP) is 1.01. The summed E-state index contributed by atoms with van der Waals surface area (Å²) in [7, 11) is 1.46. The largest absolute Gasteiger partial charge is 0.491 e. The molecule has 0 saturated carbocycles. The van der Waals surface area contributed by atoms with Crippen LogP contribution in [-0.4, -0.2) is 43.9 Å². The molecule has 0 radical (unpaired) electrons. The lowest BCUT2D eigenvalue weighted by Crippen LogP contribution is -2.36. The molecule has 1 aromatic carbocycles. The molecule has 2 atom stereocenters. The number of methoxy groups -OCH3 is 1. The molecule has 0 aliphatic heterocycles. The maximum Gasteiger partial charge on any atom is 0.213 e. The van der Waals surface area contributed by atoms with Crippen molar-refractivity contribution in [3.05, 3.63) is 35.7 Å². The summed E-state index contributed by atoms with van der Waals surface area (Å²) in [6.45, 7) is 2.40. The van der Waals surface area contributed by atoms with Gasteiger partial charge in [0.15, 0.2) is 5.88 Å². The van der Waals surface area contributed by atoms with Crippen molar-refractivity contribution < 1.29 is 19.4 Å². The molecule has 0 aliphatic carbocycles. The number of hydrogen-bond acceptors (Lipinski definition) is 6. The van der Waals surface area contributed by atoms with Crippen LogP contribution in [0.1, 0.15) is 18.9 Å². The average molecular weight is 333 g/mol. The van der Waals surface area contributed by atoms with E-state index in [0.717, 1.165) is 5.56 Å². The SMILES string of the molecule is COC(=Cc1ccc(OCC(O)CNC(C)CC#N)cc1)NC=O. The molecule has 130 valence electrons. The molecule has 24 heavy (non-hydrogen) atoms. The van der Waals surface area contributed by atoms with Gasteiger partial charge in [-0.15, -0.1) is 0 Å². The molecular formula is C17H23N3O4. The Bertz CT molecular complexity index is 566. The molecule has 3 N–H and O–H groups in total. The minimum absolute atomic E-state index is 0.0330. The van der Waals surface area contributed by atoms with E-state index in [4.69, 9.17) is 14.7 Å². The Labute approximate surface area is 141 Å². The highest BCUT2D eigenvalue weighted by Gasteiger charge is 2.08. The normalized spacial score (nSPS) is 13.5. The standard InChI is InChI=1S/C17H23N3O4/c1-13(7-8-18)19-10-15(22)11-24-16-5-3-14(4-6-16)9-17(23-2)20-12-21/h3-6,9,12-13,15,19,22H,7,10-11H2,1-2H3,(H,20,21). The van der Waals surface area contributed by atoms with Crippen LogP contribution in [-0.2, 0) is 9.53 Å². The van der Waals surface area contributed by atoms with Crippen LogP contribution in [0.3, 0.4) is 0 Å². The number of benzene rings is 1. The molecular weight excluding hydrogens is 310 g/mol. The number of nitrogens with one attached hydrogen (secondary N) is 2. The number of rotatable bonds is 11. The molecule has 1 amide bonds. The van der Waals surface area contributed by atoms with Gasteiger partial charge in [0.05, 0.1) is 19.6 Å². The smallest absolute Gasteiger partial charge is 0.213 e. The Kier molecular flexibility index (Phi) is 8.97. The van der Waals surface area contributed by atoms with Crippen molar-refractivity contribution in [2.24, 2.45) is 0 Å². The van der Waals surface area contributed by atoms with E-state index in [1.54, 1.807) is 30.3 Å². The molecule has 2 unspecified atom stereocenters. The second-order valence-corrected chi connectivity index (χ2v) is 5.18. The first kappa shape index (κ1) is 19.5. The third kappa shape index (κ3) is 7.63. The van der Waals surface area contributed by atoms with Gasteiger partial charge in [-0.25, -0.2) is 0 Å². The van der Waals surface area contributed by atoms with Crippen molar-refractivity contribution in [3.8, 4) is 11.8 Å². The number of carbonyl (C=O) groups excluding carboxylic acids is 1. The van der Waals surface area contributed by atoms with Crippen LogP contribution in [0.15, 0.2) is 30.1 Å². The molecule has 0 bridgehead atoms. The van der Waals surface area contributed by atoms with E-state index < -0.39 is 6.10 Å². The molecule has 0 heterocycles. The highest BCUT2D eigenvalue weighted by molar-refractivity contribution is 5.58. The summed E-state index contributed by atoms with van der Waals surface area (Å²) >= 11 is 0. The maximum atomic E-state index is 10.4. The molecule has 7 nitrogen and oxygen atoms in total. The molecule has 0 fully saturated rings. The van der Waals surface area contributed by atoms with Crippen molar-refractivity contribution in [2.75, 3.05) is 20.3 Å². The summed E-state index contributed by atoms with van der Waals surface area (Å²) in [5.74, 6) is 0.963. The molecule has 1 rings (SSSR count). The van der Waals surface area contributed by atoms with Gasteiger partial charge in [-0.1, -0.05) is 12.1 Å². The lowest BCUT2D eigenvalue weighted by atomic mass is 10.2. The Morgan fingerprint density at radius 1 is 1.42 bits per heavy atom. The molecule has 0 saturated heterocycles. The third-order valence-corrected chi connectivity index (χ3v) is 3.14. The number of amides is 1. The number of aliphatic hydroxyl groups excluding tert-OH is 1. The number of nitrogens with zero attached hydrogens (tertiary/aromatic N) is 1. The molecule has 7 heteroatoms. The van der Waals surface area contributed by atoms with E-state index in [1.807, 2.05) is 6.92 Å². The summed E-state index contributed by atoms with van der Waals surface area (Å²) in [4.78, 5) is 10.4. The third-order valence-electron chi connectivity index (χ3n) is 3.14. The zero-order valence-corrected chi connectivity index (χ0v) is 13.9. The molecule has 0 aliphatic rings. The fourth-order valence-electron chi connectivity index (χ4n) is 1.83. The summed E-state index contributed by atoms with van der Waals surface area (Å²) in [5, 5.41) is 23.9. The first-order chi connectivity index (χ1) is 11.6. The van der Waals surface area contributed by atoms with E-state index in [1.165, 1.54) is 7.11 Å². The second kappa shape index (κ2) is 11.0. The average Bonchev–Trinajstić information content (AvgIpc) is 2.59. The number of carbonyl (C=O) groups is 1. The highest BCUT2D eigenvalue weighted by Crippen LogP contribution is 2.14. The van der Waals surface area contributed by atoms with Crippen molar-refractivity contribution in [1.82, 2.24) is 10.6 Å². The Balaban J connectivity index is 2.44. The lowest BCUT2D eigenvalue weighted by Gasteiger charge is -2.16. The number of hydrogen-bond donors (Lipinski definition) is 3. The summed E-state index contributed by atoms with van der Waals surface area (Å²) in [6, 6.07) is 9.24. The zero-order valence-electron chi connectivity index (χ0n) is 13.9. The first-order valence-corrected chi connectivity index (χ1v) is 7.56. The van der Waals surface area contributed by atoms with Crippen molar-refractivity contribution in [3.63, 3.8) is 0 Å². The van der Waals surface area contributed by atoms with E-state index in [0.29, 0.717) is 31.0 Å². The van der Waals surface area contributed by atoms with Gasteiger partial charge in [-0.05, 0) is 24.6 Å². The Hall–Kier alpha value is -2.56. The monoisotopic (exact) mass is 333 g/mol. The van der Waals surface area contributed by atoms with E-state index in [2.05, 4.69) is 16.7 Å². The van der Waals surface area contributed by atoms with Gasteiger partial charge < -0.3 is 19.9 Å². The van der Waals surface area contributed by atoms with Crippen molar-refractivity contribution in [2.45, 2.75) is 25.5 Å². The van der Waals surface area contributed by atoms with Crippen LogP contribution in [0.4, 0.5) is 0 Å². The highest BCUT2D eigenvalue weighted by atomic mass is 16.5.